The predicted octanol–water partition coefficient (Wildman–Crippen LogP) is 4.20. The largest absolute Gasteiger partial charge is 0.416 e. The molecule has 0 radical (unpaired) electrons. The van der Waals surface area contributed by atoms with E-state index >= 15 is 0 Å². The second kappa shape index (κ2) is 6.29. The molecule has 0 heterocycles. The number of ether oxygens (including phenoxy) is 1. The van der Waals surface area contributed by atoms with E-state index in [1.165, 1.54) is 6.07 Å². The molecule has 1 rings (SSSR count). The highest BCUT2D eigenvalue weighted by Crippen LogP contribution is 2.33. The summed E-state index contributed by atoms with van der Waals surface area (Å²) in [5.74, 6) is 0. The average Bonchev–Trinajstić information content (AvgIpc) is 2.24. The van der Waals surface area contributed by atoms with Gasteiger partial charge in [0.1, 0.15) is 0 Å². The van der Waals surface area contributed by atoms with E-state index < -0.39 is 11.7 Å². The van der Waals surface area contributed by atoms with Gasteiger partial charge in [0.2, 0.25) is 0 Å². The minimum absolute atomic E-state index is 0.0503. The molecule has 102 valence electrons. The second-order valence-corrected chi connectivity index (χ2v) is 4.45. The van der Waals surface area contributed by atoms with Crippen molar-refractivity contribution in [3.63, 3.8) is 0 Å². The van der Waals surface area contributed by atoms with Crippen molar-refractivity contribution in [3.05, 3.63) is 28.8 Å². The summed E-state index contributed by atoms with van der Waals surface area (Å²) in [6, 6.07) is 3.23. The molecule has 1 aromatic rings. The van der Waals surface area contributed by atoms with Crippen LogP contribution in [0.3, 0.4) is 0 Å². The molecule has 0 fully saturated rings. The number of hydrogen-bond acceptors (Lipinski definition) is 2. The van der Waals surface area contributed by atoms with Crippen LogP contribution in [0.1, 0.15) is 19.4 Å². The molecule has 0 aliphatic carbocycles. The third kappa shape index (κ3) is 4.74. The van der Waals surface area contributed by atoms with Gasteiger partial charge in [0.05, 0.1) is 29.0 Å². The number of benzene rings is 1. The number of anilines is 1. The van der Waals surface area contributed by atoms with Crippen LogP contribution < -0.4 is 5.32 Å². The molecule has 2 nitrogen and oxygen atoms in total. The molecule has 0 amide bonds. The number of alkyl halides is 3. The molecular weight excluding hydrogens is 267 g/mol. The minimum atomic E-state index is -4.37. The molecule has 18 heavy (non-hydrogen) atoms. The molecule has 0 aliphatic rings. The Morgan fingerprint density at radius 1 is 1.33 bits per heavy atom. The Bertz CT molecular complexity index is 393. The molecule has 0 atom stereocenters. The maximum absolute atomic E-state index is 12.4. The van der Waals surface area contributed by atoms with Gasteiger partial charge in [-0.2, -0.15) is 13.2 Å². The predicted molar refractivity (Wildman–Crippen MR) is 66.0 cm³/mol. The van der Waals surface area contributed by atoms with E-state index in [0.29, 0.717) is 18.8 Å². The molecule has 0 saturated heterocycles. The first kappa shape index (κ1) is 15.1. The second-order valence-electron chi connectivity index (χ2n) is 4.04. The Hall–Kier alpha value is -0.940. The number of rotatable bonds is 5. The monoisotopic (exact) mass is 281 g/mol. The molecule has 0 aliphatic heterocycles. The van der Waals surface area contributed by atoms with Gasteiger partial charge in [-0.15, -0.1) is 0 Å². The van der Waals surface area contributed by atoms with E-state index in [4.69, 9.17) is 16.3 Å². The van der Waals surface area contributed by atoms with Crippen molar-refractivity contribution >= 4 is 17.3 Å². The summed E-state index contributed by atoms with van der Waals surface area (Å²) in [5, 5.41) is 2.97. The van der Waals surface area contributed by atoms with Gasteiger partial charge in [0, 0.05) is 6.54 Å². The zero-order chi connectivity index (χ0) is 13.8. The van der Waals surface area contributed by atoms with Crippen LogP contribution in [0.15, 0.2) is 18.2 Å². The SMILES string of the molecule is CC(C)OCCNc1ccc(C(F)(F)F)cc1Cl. The van der Waals surface area contributed by atoms with Gasteiger partial charge in [0.15, 0.2) is 0 Å². The Morgan fingerprint density at radius 2 is 2.00 bits per heavy atom. The smallest absolute Gasteiger partial charge is 0.382 e. The molecular formula is C12H15ClF3NO. The van der Waals surface area contributed by atoms with Gasteiger partial charge >= 0.3 is 6.18 Å². The van der Waals surface area contributed by atoms with Crippen LogP contribution >= 0.6 is 11.6 Å². The lowest BCUT2D eigenvalue weighted by atomic mass is 10.2. The first-order valence-electron chi connectivity index (χ1n) is 5.53. The lowest BCUT2D eigenvalue weighted by Gasteiger charge is -2.12. The zero-order valence-corrected chi connectivity index (χ0v) is 10.9. The van der Waals surface area contributed by atoms with Crippen molar-refractivity contribution in [2.75, 3.05) is 18.5 Å². The van der Waals surface area contributed by atoms with Gasteiger partial charge in [0.25, 0.3) is 0 Å². The highest BCUT2D eigenvalue weighted by atomic mass is 35.5. The summed E-state index contributed by atoms with van der Waals surface area (Å²) in [7, 11) is 0. The van der Waals surface area contributed by atoms with Gasteiger partial charge in [-0.25, -0.2) is 0 Å². The first-order chi connectivity index (χ1) is 8.30. The van der Waals surface area contributed by atoms with Crippen LogP contribution in [0.2, 0.25) is 5.02 Å². The lowest BCUT2D eigenvalue weighted by Crippen LogP contribution is -2.13. The Labute approximate surface area is 109 Å². The van der Waals surface area contributed by atoms with Crippen LogP contribution in [-0.2, 0) is 10.9 Å². The maximum Gasteiger partial charge on any atom is 0.416 e. The van der Waals surface area contributed by atoms with Crippen LogP contribution in [0.4, 0.5) is 18.9 Å². The minimum Gasteiger partial charge on any atom is -0.382 e. The Morgan fingerprint density at radius 3 is 2.50 bits per heavy atom. The molecule has 0 unspecified atom stereocenters. The van der Waals surface area contributed by atoms with E-state index in [1.807, 2.05) is 13.8 Å². The Balaban J connectivity index is 2.58. The molecule has 0 saturated carbocycles. The quantitative estimate of drug-likeness (QED) is 0.817. The van der Waals surface area contributed by atoms with Gasteiger partial charge in [-0.3, -0.25) is 0 Å². The van der Waals surface area contributed by atoms with Crippen LogP contribution in [-0.4, -0.2) is 19.3 Å². The van der Waals surface area contributed by atoms with Crippen molar-refractivity contribution in [2.24, 2.45) is 0 Å². The number of hydrogen-bond donors (Lipinski definition) is 1. The fourth-order valence-electron chi connectivity index (χ4n) is 1.32. The third-order valence-electron chi connectivity index (χ3n) is 2.17. The standard InChI is InChI=1S/C12H15ClF3NO/c1-8(2)18-6-5-17-11-4-3-9(7-10(11)13)12(14,15)16/h3-4,7-8,17H,5-6H2,1-2H3. The van der Waals surface area contributed by atoms with Crippen LogP contribution in [0.25, 0.3) is 0 Å². The first-order valence-corrected chi connectivity index (χ1v) is 5.90. The topological polar surface area (TPSA) is 21.3 Å². The summed E-state index contributed by atoms with van der Waals surface area (Å²) < 4.78 is 42.5. The third-order valence-corrected chi connectivity index (χ3v) is 2.48. The highest BCUT2D eigenvalue weighted by molar-refractivity contribution is 6.33. The molecule has 0 aromatic heterocycles. The van der Waals surface area contributed by atoms with Crippen molar-refractivity contribution in [1.82, 2.24) is 0 Å². The van der Waals surface area contributed by atoms with Crippen molar-refractivity contribution in [3.8, 4) is 0 Å². The zero-order valence-electron chi connectivity index (χ0n) is 10.1. The van der Waals surface area contributed by atoms with Crippen molar-refractivity contribution < 1.29 is 17.9 Å². The summed E-state index contributed by atoms with van der Waals surface area (Å²) in [5.41, 5.74) is -0.284. The van der Waals surface area contributed by atoms with Crippen LogP contribution in [0, 0.1) is 0 Å². The highest BCUT2D eigenvalue weighted by Gasteiger charge is 2.30. The molecule has 1 aromatic carbocycles. The Kier molecular flexibility index (Phi) is 5.28. The van der Waals surface area contributed by atoms with E-state index in [9.17, 15) is 13.2 Å². The van der Waals surface area contributed by atoms with Gasteiger partial charge < -0.3 is 10.1 Å². The summed E-state index contributed by atoms with van der Waals surface area (Å²) in [6.45, 7) is 4.77. The average molecular weight is 282 g/mol. The normalized spacial score (nSPS) is 11.9. The lowest BCUT2D eigenvalue weighted by molar-refractivity contribution is -0.137. The molecule has 1 N–H and O–H groups in total. The molecule has 0 bridgehead atoms. The maximum atomic E-state index is 12.4. The van der Waals surface area contributed by atoms with E-state index in [2.05, 4.69) is 5.32 Å². The summed E-state index contributed by atoms with van der Waals surface area (Å²) >= 11 is 5.77. The van der Waals surface area contributed by atoms with E-state index in [0.717, 1.165) is 12.1 Å². The molecule has 6 heteroatoms. The van der Waals surface area contributed by atoms with Crippen molar-refractivity contribution in [2.45, 2.75) is 26.1 Å². The van der Waals surface area contributed by atoms with E-state index in [-0.39, 0.29) is 11.1 Å². The fraction of sp³-hybridized carbons (Fsp3) is 0.500. The van der Waals surface area contributed by atoms with E-state index in [1.54, 1.807) is 0 Å². The van der Waals surface area contributed by atoms with Crippen LogP contribution in [0.5, 0.6) is 0 Å². The molecule has 0 spiro atoms. The summed E-state index contributed by atoms with van der Waals surface area (Å²) in [6.07, 6.45) is -4.25. The number of halogens is 4. The van der Waals surface area contributed by atoms with Gasteiger partial charge in [-0.1, -0.05) is 11.6 Å². The summed E-state index contributed by atoms with van der Waals surface area (Å²) in [4.78, 5) is 0. The number of nitrogens with one attached hydrogen (secondary N) is 1. The van der Waals surface area contributed by atoms with Crippen molar-refractivity contribution in [1.29, 1.82) is 0 Å². The van der Waals surface area contributed by atoms with Gasteiger partial charge in [-0.05, 0) is 32.0 Å². The fourth-order valence-corrected chi connectivity index (χ4v) is 1.56.